The summed E-state index contributed by atoms with van der Waals surface area (Å²) in [6.45, 7) is 0. The molecular weight excluding hydrogens is 326 g/mol. The van der Waals surface area contributed by atoms with Crippen LogP contribution in [0.15, 0.2) is 0 Å². The summed E-state index contributed by atoms with van der Waals surface area (Å²) in [4.78, 5) is 12.6. The highest BCUT2D eigenvalue weighted by Crippen LogP contribution is 2.61. The van der Waals surface area contributed by atoms with Gasteiger partial charge in [-0.2, -0.15) is 0 Å². The molecule has 0 heterocycles. The summed E-state index contributed by atoms with van der Waals surface area (Å²) in [5.41, 5.74) is 0.390. The molecule has 0 aromatic heterocycles. The molecule has 0 saturated heterocycles. The molecule has 1 N–H and O–H groups in total. The van der Waals surface area contributed by atoms with Crippen LogP contribution in [0, 0.1) is 29.1 Å². The highest BCUT2D eigenvalue weighted by atomic mass is 79.9. The molecule has 21 heavy (non-hydrogen) atoms. The van der Waals surface area contributed by atoms with Crippen LogP contribution in [0.5, 0.6) is 0 Å². The van der Waals surface area contributed by atoms with E-state index in [9.17, 15) is 4.79 Å². The van der Waals surface area contributed by atoms with Gasteiger partial charge in [0.1, 0.15) is 0 Å². The van der Waals surface area contributed by atoms with E-state index >= 15 is 0 Å². The standard InChI is InChI=1S/C18H28BrNO/c19-11-15-2-1-3-16(15)20-17(21)10-18-7-12-4-13(8-18)6-14(5-12)9-18/h12-16H,1-11H2,(H,20,21). The fraction of sp³-hybridized carbons (Fsp3) is 0.944. The highest BCUT2D eigenvalue weighted by molar-refractivity contribution is 9.09. The topological polar surface area (TPSA) is 29.1 Å². The first-order valence-electron chi connectivity index (χ1n) is 9.01. The molecule has 5 fully saturated rings. The fourth-order valence-corrected chi connectivity index (χ4v) is 7.29. The van der Waals surface area contributed by atoms with Crippen LogP contribution in [0.4, 0.5) is 0 Å². The SMILES string of the molecule is O=C(CC12CC3CC(CC(C3)C1)C2)NC1CCCC1CBr. The van der Waals surface area contributed by atoms with Crippen LogP contribution in [0.25, 0.3) is 0 Å². The second kappa shape index (κ2) is 5.54. The lowest BCUT2D eigenvalue weighted by Gasteiger charge is -2.56. The molecule has 1 amide bonds. The monoisotopic (exact) mass is 353 g/mol. The molecule has 118 valence electrons. The molecule has 5 aliphatic rings. The smallest absolute Gasteiger partial charge is 0.220 e. The van der Waals surface area contributed by atoms with Gasteiger partial charge in [0.05, 0.1) is 0 Å². The van der Waals surface area contributed by atoms with Gasteiger partial charge in [-0.15, -0.1) is 0 Å². The molecule has 2 atom stereocenters. The third-order valence-electron chi connectivity index (χ3n) is 6.90. The summed E-state index contributed by atoms with van der Waals surface area (Å²) < 4.78 is 0. The van der Waals surface area contributed by atoms with Crippen molar-refractivity contribution in [3.63, 3.8) is 0 Å². The number of carbonyl (C=O) groups excluding carboxylic acids is 1. The summed E-state index contributed by atoms with van der Waals surface area (Å²) in [5, 5.41) is 4.42. The van der Waals surface area contributed by atoms with Crippen molar-refractivity contribution in [1.29, 1.82) is 0 Å². The van der Waals surface area contributed by atoms with E-state index in [0.717, 1.165) is 29.5 Å². The van der Waals surface area contributed by atoms with E-state index in [-0.39, 0.29) is 0 Å². The number of hydrogen-bond acceptors (Lipinski definition) is 1. The lowest BCUT2D eigenvalue weighted by molar-refractivity contribution is -0.130. The van der Waals surface area contributed by atoms with Crippen molar-refractivity contribution >= 4 is 21.8 Å². The average Bonchev–Trinajstić information content (AvgIpc) is 2.83. The minimum atomic E-state index is 0.356. The normalized spacial score (nSPS) is 47.8. The van der Waals surface area contributed by atoms with Gasteiger partial charge in [0.25, 0.3) is 0 Å². The van der Waals surface area contributed by atoms with Gasteiger partial charge in [-0.3, -0.25) is 4.79 Å². The summed E-state index contributed by atoms with van der Waals surface area (Å²) >= 11 is 3.61. The first-order chi connectivity index (χ1) is 10.2. The number of alkyl halides is 1. The van der Waals surface area contributed by atoms with Crippen molar-refractivity contribution in [1.82, 2.24) is 5.32 Å². The Morgan fingerprint density at radius 2 is 1.67 bits per heavy atom. The van der Waals surface area contributed by atoms with E-state index < -0.39 is 0 Å². The molecule has 2 nitrogen and oxygen atoms in total. The molecule has 5 saturated carbocycles. The molecule has 5 rings (SSSR count). The quantitative estimate of drug-likeness (QED) is 0.751. The number of hydrogen-bond donors (Lipinski definition) is 1. The molecule has 0 aliphatic heterocycles. The minimum Gasteiger partial charge on any atom is -0.353 e. The van der Waals surface area contributed by atoms with Crippen molar-refractivity contribution in [3.05, 3.63) is 0 Å². The zero-order chi connectivity index (χ0) is 14.4. The third kappa shape index (κ3) is 2.80. The van der Waals surface area contributed by atoms with E-state index in [1.165, 1.54) is 57.8 Å². The summed E-state index contributed by atoms with van der Waals surface area (Å²) in [5.74, 6) is 3.86. The van der Waals surface area contributed by atoms with Gasteiger partial charge in [0.15, 0.2) is 0 Å². The lowest BCUT2D eigenvalue weighted by atomic mass is 9.49. The van der Waals surface area contributed by atoms with E-state index in [1.54, 1.807) is 0 Å². The molecule has 3 heteroatoms. The van der Waals surface area contributed by atoms with Crippen molar-refractivity contribution in [2.24, 2.45) is 29.1 Å². The number of amides is 1. The number of carbonyl (C=O) groups is 1. The summed E-state index contributed by atoms with van der Waals surface area (Å²) in [7, 11) is 0. The Kier molecular flexibility index (Phi) is 3.84. The Bertz CT molecular complexity index is 386. The second-order valence-electron chi connectivity index (χ2n) is 8.61. The van der Waals surface area contributed by atoms with Gasteiger partial charge in [0, 0.05) is 17.8 Å². The maximum Gasteiger partial charge on any atom is 0.220 e. The van der Waals surface area contributed by atoms with Crippen molar-refractivity contribution < 1.29 is 4.79 Å². The Labute approximate surface area is 136 Å². The van der Waals surface area contributed by atoms with Gasteiger partial charge < -0.3 is 5.32 Å². The molecule has 2 unspecified atom stereocenters. The number of rotatable bonds is 4. The zero-order valence-electron chi connectivity index (χ0n) is 13.0. The first kappa shape index (κ1) is 14.5. The maximum atomic E-state index is 12.6. The van der Waals surface area contributed by atoms with Gasteiger partial charge in [0.2, 0.25) is 5.91 Å². The molecule has 4 bridgehead atoms. The highest BCUT2D eigenvalue weighted by Gasteiger charge is 2.51. The predicted molar refractivity (Wildman–Crippen MR) is 88.3 cm³/mol. The van der Waals surface area contributed by atoms with Crippen LogP contribution >= 0.6 is 15.9 Å². The summed E-state index contributed by atoms with van der Waals surface area (Å²) in [6, 6.07) is 0.436. The van der Waals surface area contributed by atoms with Crippen LogP contribution in [-0.2, 0) is 4.79 Å². The van der Waals surface area contributed by atoms with E-state index in [1.807, 2.05) is 0 Å². The third-order valence-corrected chi connectivity index (χ3v) is 7.74. The largest absolute Gasteiger partial charge is 0.353 e. The minimum absolute atomic E-state index is 0.356. The maximum absolute atomic E-state index is 12.6. The van der Waals surface area contributed by atoms with E-state index in [2.05, 4.69) is 21.2 Å². The molecule has 0 spiro atoms. The summed E-state index contributed by atoms with van der Waals surface area (Å²) in [6.07, 6.45) is 13.0. The van der Waals surface area contributed by atoms with Crippen molar-refractivity contribution in [2.45, 2.75) is 70.3 Å². The van der Waals surface area contributed by atoms with Crippen molar-refractivity contribution in [3.8, 4) is 0 Å². The molecule has 0 aromatic carbocycles. The Morgan fingerprint density at radius 3 is 2.24 bits per heavy atom. The van der Waals surface area contributed by atoms with E-state index in [4.69, 9.17) is 0 Å². The Hall–Kier alpha value is -0.0500. The van der Waals surface area contributed by atoms with E-state index in [0.29, 0.717) is 23.3 Å². The molecule has 5 aliphatic carbocycles. The van der Waals surface area contributed by atoms with Crippen LogP contribution in [0.2, 0.25) is 0 Å². The Morgan fingerprint density at radius 1 is 1.05 bits per heavy atom. The van der Waals surface area contributed by atoms with Crippen LogP contribution in [0.3, 0.4) is 0 Å². The Balaban J connectivity index is 1.38. The molecule has 0 radical (unpaired) electrons. The predicted octanol–water partition coefficient (Wildman–Crippen LogP) is 4.27. The van der Waals surface area contributed by atoms with Gasteiger partial charge >= 0.3 is 0 Å². The average molecular weight is 354 g/mol. The molecular formula is C18H28BrNO. The zero-order valence-corrected chi connectivity index (χ0v) is 14.5. The lowest BCUT2D eigenvalue weighted by Crippen LogP contribution is -2.49. The number of nitrogens with one attached hydrogen (secondary N) is 1. The van der Waals surface area contributed by atoms with Crippen molar-refractivity contribution in [2.75, 3.05) is 5.33 Å². The van der Waals surface area contributed by atoms with Crippen LogP contribution in [0.1, 0.15) is 64.2 Å². The van der Waals surface area contributed by atoms with Gasteiger partial charge in [-0.1, -0.05) is 22.4 Å². The van der Waals surface area contributed by atoms with Gasteiger partial charge in [-0.05, 0) is 80.5 Å². The second-order valence-corrected chi connectivity index (χ2v) is 9.26. The molecule has 0 aromatic rings. The van der Waals surface area contributed by atoms with Crippen LogP contribution in [-0.4, -0.2) is 17.3 Å². The van der Waals surface area contributed by atoms with Gasteiger partial charge in [-0.25, -0.2) is 0 Å². The first-order valence-corrected chi connectivity index (χ1v) is 10.1. The fourth-order valence-electron chi connectivity index (χ4n) is 6.52. The van der Waals surface area contributed by atoms with Crippen LogP contribution < -0.4 is 5.32 Å². The number of halogens is 1.